The lowest BCUT2D eigenvalue weighted by Crippen LogP contribution is -2.23. The summed E-state index contributed by atoms with van der Waals surface area (Å²) in [5, 5.41) is 5.37. The van der Waals surface area contributed by atoms with Crippen LogP contribution in [0.3, 0.4) is 0 Å². The zero-order valence-electron chi connectivity index (χ0n) is 10.4. The third-order valence-corrected chi connectivity index (χ3v) is 2.42. The summed E-state index contributed by atoms with van der Waals surface area (Å²) in [5.41, 5.74) is 1.08. The minimum Gasteiger partial charge on any atom is -0.347 e. The Hall–Kier alpha value is -2.63. The van der Waals surface area contributed by atoms with Crippen molar-refractivity contribution in [2.24, 2.45) is 0 Å². The largest absolute Gasteiger partial charge is 0.347 e. The molecule has 2 rings (SSSR count). The molecule has 0 aliphatic heterocycles. The molecule has 0 aliphatic carbocycles. The van der Waals surface area contributed by atoms with Crippen molar-refractivity contribution in [3.63, 3.8) is 0 Å². The molecule has 0 bridgehead atoms. The molecule has 0 spiro atoms. The Labute approximate surface area is 110 Å². The van der Waals surface area contributed by atoms with Crippen molar-refractivity contribution >= 4 is 17.5 Å². The van der Waals surface area contributed by atoms with Gasteiger partial charge in [-0.15, -0.1) is 0 Å². The van der Waals surface area contributed by atoms with Gasteiger partial charge in [0.05, 0.1) is 6.54 Å². The zero-order chi connectivity index (χ0) is 13.7. The number of rotatable bonds is 4. The normalized spacial score (nSPS) is 9.95. The Morgan fingerprint density at radius 3 is 2.89 bits per heavy atom. The van der Waals surface area contributed by atoms with Crippen LogP contribution < -0.4 is 10.6 Å². The summed E-state index contributed by atoms with van der Waals surface area (Å²) < 4.78 is 0. The van der Waals surface area contributed by atoms with Gasteiger partial charge in [0.15, 0.2) is 0 Å². The van der Waals surface area contributed by atoms with E-state index in [2.05, 4.69) is 20.6 Å². The highest BCUT2D eigenvalue weighted by Gasteiger charge is 2.07. The molecule has 1 heterocycles. The van der Waals surface area contributed by atoms with Crippen LogP contribution in [0.25, 0.3) is 0 Å². The van der Waals surface area contributed by atoms with E-state index < -0.39 is 0 Å². The van der Waals surface area contributed by atoms with Gasteiger partial charge >= 0.3 is 0 Å². The first kappa shape index (κ1) is 12.8. The fourth-order valence-electron chi connectivity index (χ4n) is 1.60. The van der Waals surface area contributed by atoms with Crippen molar-refractivity contribution in [2.45, 2.75) is 13.5 Å². The highest BCUT2D eigenvalue weighted by atomic mass is 16.2. The van der Waals surface area contributed by atoms with Crippen molar-refractivity contribution in [2.75, 3.05) is 5.32 Å². The SMILES string of the molecule is CC(=O)Nc1cccc(C(=O)NCc2ncc[nH]2)c1. The molecular weight excluding hydrogens is 244 g/mol. The fraction of sp³-hybridized carbons (Fsp3) is 0.154. The number of hydrogen-bond acceptors (Lipinski definition) is 3. The summed E-state index contributed by atoms with van der Waals surface area (Å²) in [6, 6.07) is 6.75. The van der Waals surface area contributed by atoms with Gasteiger partial charge in [0, 0.05) is 30.6 Å². The molecule has 6 heteroatoms. The van der Waals surface area contributed by atoms with Crippen LogP contribution in [0, 0.1) is 0 Å². The number of H-pyrrole nitrogens is 1. The molecule has 2 aromatic rings. The molecule has 0 fully saturated rings. The predicted octanol–water partition coefficient (Wildman–Crippen LogP) is 1.30. The number of anilines is 1. The van der Waals surface area contributed by atoms with E-state index >= 15 is 0 Å². The molecule has 1 aromatic heterocycles. The van der Waals surface area contributed by atoms with Crippen LogP contribution in [0.15, 0.2) is 36.7 Å². The van der Waals surface area contributed by atoms with Gasteiger partial charge in [-0.2, -0.15) is 0 Å². The van der Waals surface area contributed by atoms with E-state index in [0.717, 1.165) is 0 Å². The summed E-state index contributed by atoms with van der Waals surface area (Å²) in [7, 11) is 0. The maximum absolute atomic E-state index is 11.9. The molecular formula is C13H14N4O2. The van der Waals surface area contributed by atoms with Crippen molar-refractivity contribution in [3.05, 3.63) is 48.0 Å². The molecule has 6 nitrogen and oxygen atoms in total. The Balaban J connectivity index is 2.00. The summed E-state index contributed by atoms with van der Waals surface area (Å²) in [4.78, 5) is 29.8. The molecule has 2 amide bonds. The van der Waals surface area contributed by atoms with Crippen LogP contribution in [0.5, 0.6) is 0 Å². The van der Waals surface area contributed by atoms with Crippen molar-refractivity contribution in [1.82, 2.24) is 15.3 Å². The number of benzene rings is 1. The molecule has 3 N–H and O–H groups in total. The summed E-state index contributed by atoms with van der Waals surface area (Å²) >= 11 is 0. The van der Waals surface area contributed by atoms with Crippen LogP contribution >= 0.6 is 0 Å². The maximum atomic E-state index is 11.9. The van der Waals surface area contributed by atoms with E-state index in [1.165, 1.54) is 6.92 Å². The lowest BCUT2D eigenvalue weighted by molar-refractivity contribution is -0.114. The number of aromatic nitrogens is 2. The summed E-state index contributed by atoms with van der Waals surface area (Å²) in [6.45, 7) is 1.75. The molecule has 0 radical (unpaired) electrons. The molecule has 1 aromatic carbocycles. The number of carbonyl (C=O) groups excluding carboxylic acids is 2. The van der Waals surface area contributed by atoms with Crippen molar-refractivity contribution in [1.29, 1.82) is 0 Å². The van der Waals surface area contributed by atoms with E-state index in [9.17, 15) is 9.59 Å². The first-order chi connectivity index (χ1) is 9.15. The molecule has 0 unspecified atom stereocenters. The molecule has 0 atom stereocenters. The van der Waals surface area contributed by atoms with Gasteiger partial charge in [-0.05, 0) is 18.2 Å². The summed E-state index contributed by atoms with van der Waals surface area (Å²) in [5.74, 6) is 0.295. The number of nitrogens with zero attached hydrogens (tertiary/aromatic N) is 1. The second-order valence-corrected chi connectivity index (χ2v) is 3.98. The van der Waals surface area contributed by atoms with Gasteiger partial charge in [0.2, 0.25) is 5.91 Å². The topological polar surface area (TPSA) is 86.9 Å². The van der Waals surface area contributed by atoms with Gasteiger partial charge in [0.25, 0.3) is 5.91 Å². The van der Waals surface area contributed by atoms with Crippen molar-refractivity contribution in [3.8, 4) is 0 Å². The second kappa shape index (κ2) is 5.81. The van der Waals surface area contributed by atoms with Crippen LogP contribution in [0.4, 0.5) is 5.69 Å². The highest BCUT2D eigenvalue weighted by Crippen LogP contribution is 2.10. The van der Waals surface area contributed by atoms with E-state index in [4.69, 9.17) is 0 Å². The minimum absolute atomic E-state index is 0.173. The van der Waals surface area contributed by atoms with Crippen molar-refractivity contribution < 1.29 is 9.59 Å². The standard InChI is InChI=1S/C13H14N4O2/c1-9(18)17-11-4-2-3-10(7-11)13(19)16-8-12-14-5-6-15-12/h2-7H,8H2,1H3,(H,14,15)(H,16,19)(H,17,18). The number of aromatic amines is 1. The highest BCUT2D eigenvalue weighted by molar-refractivity contribution is 5.96. The van der Waals surface area contributed by atoms with Gasteiger partial charge in [-0.3, -0.25) is 9.59 Å². The number of carbonyl (C=O) groups is 2. The molecule has 0 aliphatic rings. The average molecular weight is 258 g/mol. The maximum Gasteiger partial charge on any atom is 0.251 e. The Bertz CT molecular complexity index is 578. The van der Waals surface area contributed by atoms with Gasteiger partial charge in [-0.1, -0.05) is 6.07 Å². The molecule has 0 saturated heterocycles. The predicted molar refractivity (Wildman–Crippen MR) is 70.5 cm³/mol. The number of amides is 2. The monoisotopic (exact) mass is 258 g/mol. The van der Waals surface area contributed by atoms with E-state index in [0.29, 0.717) is 23.6 Å². The van der Waals surface area contributed by atoms with E-state index in [1.807, 2.05) is 0 Å². The fourth-order valence-corrected chi connectivity index (χ4v) is 1.60. The summed E-state index contributed by atoms with van der Waals surface area (Å²) in [6.07, 6.45) is 3.32. The Morgan fingerprint density at radius 2 is 2.21 bits per heavy atom. The van der Waals surface area contributed by atoms with Crippen LogP contribution in [0.1, 0.15) is 23.1 Å². The minimum atomic E-state index is -0.219. The van der Waals surface area contributed by atoms with E-state index in [1.54, 1.807) is 36.7 Å². The Kier molecular flexibility index (Phi) is 3.92. The smallest absolute Gasteiger partial charge is 0.251 e. The van der Waals surface area contributed by atoms with Crippen LogP contribution in [-0.2, 0) is 11.3 Å². The van der Waals surface area contributed by atoms with Gasteiger partial charge in [-0.25, -0.2) is 4.98 Å². The average Bonchev–Trinajstić information content (AvgIpc) is 2.88. The number of imidazole rings is 1. The number of nitrogens with one attached hydrogen (secondary N) is 3. The second-order valence-electron chi connectivity index (χ2n) is 3.98. The van der Waals surface area contributed by atoms with Gasteiger partial charge in [0.1, 0.15) is 5.82 Å². The first-order valence-corrected chi connectivity index (χ1v) is 5.79. The number of hydrogen-bond donors (Lipinski definition) is 3. The van der Waals surface area contributed by atoms with Gasteiger partial charge < -0.3 is 15.6 Å². The lowest BCUT2D eigenvalue weighted by atomic mass is 10.2. The van der Waals surface area contributed by atoms with E-state index in [-0.39, 0.29) is 11.8 Å². The first-order valence-electron chi connectivity index (χ1n) is 5.79. The third kappa shape index (κ3) is 3.67. The van der Waals surface area contributed by atoms with Crippen LogP contribution in [0.2, 0.25) is 0 Å². The lowest BCUT2D eigenvalue weighted by Gasteiger charge is -2.06. The zero-order valence-corrected chi connectivity index (χ0v) is 10.4. The Morgan fingerprint density at radius 1 is 1.37 bits per heavy atom. The molecule has 0 saturated carbocycles. The molecule has 19 heavy (non-hydrogen) atoms. The quantitative estimate of drug-likeness (QED) is 0.772. The third-order valence-electron chi connectivity index (χ3n) is 2.42. The molecule has 98 valence electrons. The van der Waals surface area contributed by atoms with Crippen LogP contribution in [-0.4, -0.2) is 21.8 Å².